The molecule has 16 heavy (non-hydrogen) atoms. The molecule has 1 rings (SSSR count). The summed E-state index contributed by atoms with van der Waals surface area (Å²) in [5, 5.41) is 18.5. The first-order chi connectivity index (χ1) is 7.61. The highest BCUT2D eigenvalue weighted by Crippen LogP contribution is 2.13. The van der Waals surface area contributed by atoms with Crippen molar-refractivity contribution in [3.63, 3.8) is 0 Å². The molecule has 0 aliphatic carbocycles. The molecule has 1 aliphatic rings. The SMILES string of the molecule is CCOC(=O)C[C@@H](O)OC[C@H]1C[C@H](O)CO1. The molecule has 1 aliphatic heterocycles. The zero-order valence-electron chi connectivity index (χ0n) is 9.30. The smallest absolute Gasteiger partial charge is 0.310 e. The molecule has 0 aromatic heterocycles. The lowest BCUT2D eigenvalue weighted by Gasteiger charge is -2.14. The highest BCUT2D eigenvalue weighted by molar-refractivity contribution is 5.69. The van der Waals surface area contributed by atoms with E-state index in [1.165, 1.54) is 0 Å². The average molecular weight is 234 g/mol. The van der Waals surface area contributed by atoms with Crippen molar-refractivity contribution in [2.24, 2.45) is 0 Å². The van der Waals surface area contributed by atoms with Gasteiger partial charge in [-0.05, 0) is 6.92 Å². The number of esters is 1. The minimum absolute atomic E-state index is 0.164. The first kappa shape index (κ1) is 13.4. The topological polar surface area (TPSA) is 85.2 Å². The molecule has 94 valence electrons. The standard InChI is InChI=1S/C10H18O6/c1-2-14-9(12)4-10(13)16-6-8-3-7(11)5-15-8/h7-8,10-11,13H,2-6H2,1H3/t7-,8+,10-/m0/s1. The van der Waals surface area contributed by atoms with E-state index in [0.717, 1.165) is 0 Å². The Labute approximate surface area is 94.1 Å². The molecule has 1 saturated heterocycles. The number of hydrogen-bond acceptors (Lipinski definition) is 6. The number of aliphatic hydroxyl groups excluding tert-OH is 2. The third-order valence-corrected chi connectivity index (χ3v) is 2.18. The number of rotatable bonds is 6. The number of ether oxygens (including phenoxy) is 3. The molecule has 0 radical (unpaired) electrons. The van der Waals surface area contributed by atoms with Crippen LogP contribution in [0.25, 0.3) is 0 Å². The summed E-state index contributed by atoms with van der Waals surface area (Å²) in [5.41, 5.74) is 0. The molecule has 1 heterocycles. The van der Waals surface area contributed by atoms with Crippen molar-refractivity contribution in [1.29, 1.82) is 0 Å². The average Bonchev–Trinajstić information content (AvgIpc) is 2.61. The number of carbonyl (C=O) groups excluding carboxylic acids is 1. The van der Waals surface area contributed by atoms with Gasteiger partial charge in [0.25, 0.3) is 0 Å². The van der Waals surface area contributed by atoms with Gasteiger partial charge in [-0.15, -0.1) is 0 Å². The molecule has 0 bridgehead atoms. The zero-order chi connectivity index (χ0) is 12.0. The quantitative estimate of drug-likeness (QED) is 0.472. The summed E-state index contributed by atoms with van der Waals surface area (Å²) in [6.45, 7) is 2.43. The molecule has 0 spiro atoms. The summed E-state index contributed by atoms with van der Waals surface area (Å²) in [7, 11) is 0. The number of aliphatic hydroxyl groups is 2. The lowest BCUT2D eigenvalue weighted by atomic mass is 10.2. The summed E-state index contributed by atoms with van der Waals surface area (Å²) in [6.07, 6.45) is -1.56. The fourth-order valence-corrected chi connectivity index (χ4v) is 1.44. The molecule has 0 saturated carbocycles. The van der Waals surface area contributed by atoms with Crippen LogP contribution in [0.5, 0.6) is 0 Å². The first-order valence-corrected chi connectivity index (χ1v) is 5.36. The highest BCUT2D eigenvalue weighted by Gasteiger charge is 2.24. The lowest BCUT2D eigenvalue weighted by molar-refractivity contribution is -0.162. The van der Waals surface area contributed by atoms with E-state index in [0.29, 0.717) is 13.0 Å². The maximum absolute atomic E-state index is 11.0. The van der Waals surface area contributed by atoms with Gasteiger partial charge in [-0.3, -0.25) is 4.79 Å². The maximum Gasteiger partial charge on any atom is 0.310 e. The van der Waals surface area contributed by atoms with E-state index in [4.69, 9.17) is 14.6 Å². The second-order valence-electron chi connectivity index (χ2n) is 3.64. The predicted octanol–water partition coefficient (Wildman–Crippen LogP) is -0.576. The van der Waals surface area contributed by atoms with Gasteiger partial charge in [0.2, 0.25) is 0 Å². The van der Waals surface area contributed by atoms with Crippen molar-refractivity contribution >= 4 is 5.97 Å². The van der Waals surface area contributed by atoms with Crippen LogP contribution in [0.3, 0.4) is 0 Å². The molecule has 6 heteroatoms. The first-order valence-electron chi connectivity index (χ1n) is 5.36. The minimum atomic E-state index is -1.18. The van der Waals surface area contributed by atoms with Crippen LogP contribution >= 0.6 is 0 Å². The Hall–Kier alpha value is -0.690. The van der Waals surface area contributed by atoms with E-state index in [1.807, 2.05) is 0 Å². The van der Waals surface area contributed by atoms with E-state index in [2.05, 4.69) is 4.74 Å². The van der Waals surface area contributed by atoms with Crippen LogP contribution in [-0.4, -0.2) is 54.5 Å². The molecule has 3 atom stereocenters. The second-order valence-corrected chi connectivity index (χ2v) is 3.64. The van der Waals surface area contributed by atoms with Crippen molar-refractivity contribution in [2.75, 3.05) is 19.8 Å². The third kappa shape index (κ3) is 4.89. The summed E-state index contributed by atoms with van der Waals surface area (Å²) in [4.78, 5) is 11.0. The van der Waals surface area contributed by atoms with Crippen LogP contribution in [0, 0.1) is 0 Å². The molecule has 0 amide bonds. The van der Waals surface area contributed by atoms with Crippen LogP contribution in [0.2, 0.25) is 0 Å². The molecular weight excluding hydrogens is 216 g/mol. The van der Waals surface area contributed by atoms with Gasteiger partial charge in [0.05, 0.1) is 38.4 Å². The van der Waals surface area contributed by atoms with E-state index >= 15 is 0 Å². The largest absolute Gasteiger partial charge is 0.466 e. The fourth-order valence-electron chi connectivity index (χ4n) is 1.44. The highest BCUT2D eigenvalue weighted by atomic mass is 16.6. The maximum atomic E-state index is 11.0. The minimum Gasteiger partial charge on any atom is -0.466 e. The monoisotopic (exact) mass is 234 g/mol. The van der Waals surface area contributed by atoms with Gasteiger partial charge in [-0.2, -0.15) is 0 Å². The van der Waals surface area contributed by atoms with E-state index in [1.54, 1.807) is 6.92 Å². The Morgan fingerprint density at radius 3 is 2.94 bits per heavy atom. The molecule has 6 nitrogen and oxygen atoms in total. The van der Waals surface area contributed by atoms with Crippen molar-refractivity contribution < 1.29 is 29.2 Å². The van der Waals surface area contributed by atoms with Gasteiger partial charge in [0, 0.05) is 6.42 Å². The summed E-state index contributed by atoms with van der Waals surface area (Å²) >= 11 is 0. The van der Waals surface area contributed by atoms with E-state index < -0.39 is 18.4 Å². The number of carbonyl (C=O) groups is 1. The van der Waals surface area contributed by atoms with Crippen molar-refractivity contribution in [3.8, 4) is 0 Å². The number of hydrogen-bond donors (Lipinski definition) is 2. The van der Waals surface area contributed by atoms with Gasteiger partial charge >= 0.3 is 5.97 Å². The Bertz CT molecular complexity index is 219. The molecular formula is C10H18O6. The normalized spacial score (nSPS) is 26.7. The van der Waals surface area contributed by atoms with Crippen LogP contribution < -0.4 is 0 Å². The van der Waals surface area contributed by atoms with Gasteiger partial charge < -0.3 is 24.4 Å². The van der Waals surface area contributed by atoms with Crippen molar-refractivity contribution in [3.05, 3.63) is 0 Å². The molecule has 0 aromatic rings. The van der Waals surface area contributed by atoms with Gasteiger partial charge in [0.15, 0.2) is 6.29 Å². The van der Waals surface area contributed by atoms with Gasteiger partial charge in [0.1, 0.15) is 0 Å². The lowest BCUT2D eigenvalue weighted by Crippen LogP contribution is -2.24. The summed E-state index contributed by atoms with van der Waals surface area (Å²) < 4.78 is 14.8. The fraction of sp³-hybridized carbons (Fsp3) is 0.900. The summed E-state index contributed by atoms with van der Waals surface area (Å²) in [5.74, 6) is -0.498. The van der Waals surface area contributed by atoms with Gasteiger partial charge in [-0.1, -0.05) is 0 Å². The molecule has 0 aromatic carbocycles. The van der Waals surface area contributed by atoms with E-state index in [-0.39, 0.29) is 25.7 Å². The summed E-state index contributed by atoms with van der Waals surface area (Å²) in [6, 6.07) is 0. The Kier molecular flexibility index (Phi) is 5.68. The molecule has 0 unspecified atom stereocenters. The van der Waals surface area contributed by atoms with Crippen molar-refractivity contribution in [2.45, 2.75) is 38.3 Å². The zero-order valence-corrected chi connectivity index (χ0v) is 9.30. The Morgan fingerprint density at radius 2 is 2.38 bits per heavy atom. The Balaban J connectivity index is 2.10. The predicted molar refractivity (Wildman–Crippen MR) is 53.6 cm³/mol. The van der Waals surface area contributed by atoms with E-state index in [9.17, 15) is 9.90 Å². The van der Waals surface area contributed by atoms with Crippen LogP contribution in [0.1, 0.15) is 19.8 Å². The van der Waals surface area contributed by atoms with Crippen LogP contribution in [0.4, 0.5) is 0 Å². The van der Waals surface area contributed by atoms with Crippen LogP contribution in [-0.2, 0) is 19.0 Å². The van der Waals surface area contributed by atoms with Crippen LogP contribution in [0.15, 0.2) is 0 Å². The van der Waals surface area contributed by atoms with Crippen molar-refractivity contribution in [1.82, 2.24) is 0 Å². The van der Waals surface area contributed by atoms with Gasteiger partial charge in [-0.25, -0.2) is 0 Å². The molecule has 2 N–H and O–H groups in total. The Morgan fingerprint density at radius 1 is 1.62 bits per heavy atom. The third-order valence-electron chi connectivity index (χ3n) is 2.18. The second kappa shape index (κ2) is 6.80. The molecule has 1 fully saturated rings.